The second kappa shape index (κ2) is 6.75. The Morgan fingerprint density at radius 3 is 2.74 bits per heavy atom. The number of H-pyrrole nitrogens is 1. The Balaban J connectivity index is 1.65. The minimum absolute atomic E-state index is 0.0144. The summed E-state index contributed by atoms with van der Waals surface area (Å²) in [5.74, 6) is 1.50. The number of hydrogen-bond acceptors (Lipinski definition) is 4. The van der Waals surface area contributed by atoms with Gasteiger partial charge in [0.1, 0.15) is 5.82 Å². The van der Waals surface area contributed by atoms with E-state index in [2.05, 4.69) is 20.5 Å². The second-order valence-corrected chi connectivity index (χ2v) is 5.68. The highest BCUT2D eigenvalue weighted by Gasteiger charge is 2.20. The van der Waals surface area contributed by atoms with Gasteiger partial charge in [0.15, 0.2) is 5.82 Å². The molecule has 0 bridgehead atoms. The molecule has 1 aromatic heterocycles. The summed E-state index contributed by atoms with van der Waals surface area (Å²) < 4.78 is 0. The first-order valence-electron chi connectivity index (χ1n) is 7.81. The van der Waals surface area contributed by atoms with Gasteiger partial charge >= 0.3 is 0 Å². The Hall–Kier alpha value is -2.47. The van der Waals surface area contributed by atoms with E-state index in [1.807, 2.05) is 31.2 Å². The van der Waals surface area contributed by atoms with Gasteiger partial charge in [0, 0.05) is 36.1 Å². The van der Waals surface area contributed by atoms with Crippen LogP contribution in [0.2, 0.25) is 0 Å². The van der Waals surface area contributed by atoms with Crippen molar-refractivity contribution in [3.63, 3.8) is 0 Å². The van der Waals surface area contributed by atoms with Crippen LogP contribution >= 0.6 is 0 Å². The summed E-state index contributed by atoms with van der Waals surface area (Å²) in [6.07, 6.45) is 5.43. The quantitative estimate of drug-likeness (QED) is 0.733. The molecule has 1 aromatic carbocycles. The summed E-state index contributed by atoms with van der Waals surface area (Å²) >= 11 is 0. The molecule has 3 rings (SSSR count). The minimum Gasteiger partial charge on any atom is -0.396 e. The molecule has 23 heavy (non-hydrogen) atoms. The summed E-state index contributed by atoms with van der Waals surface area (Å²) in [5, 5.41) is 19.1. The van der Waals surface area contributed by atoms with E-state index in [-0.39, 0.29) is 24.5 Å². The smallest absolute Gasteiger partial charge is 0.251 e. The van der Waals surface area contributed by atoms with Crippen molar-refractivity contribution in [3.05, 3.63) is 47.8 Å². The van der Waals surface area contributed by atoms with Crippen LogP contribution in [0.5, 0.6) is 0 Å². The normalized spacial score (nSPS) is 19.9. The number of rotatable bonds is 5. The summed E-state index contributed by atoms with van der Waals surface area (Å²) in [4.78, 5) is 16.6. The maximum absolute atomic E-state index is 12.2. The number of carbonyl (C=O) groups is 1. The summed E-state index contributed by atoms with van der Waals surface area (Å²) in [6, 6.07) is 7.22. The van der Waals surface area contributed by atoms with Gasteiger partial charge in [0.25, 0.3) is 5.91 Å². The molecule has 120 valence electrons. The second-order valence-electron chi connectivity index (χ2n) is 5.68. The van der Waals surface area contributed by atoms with Crippen molar-refractivity contribution in [1.82, 2.24) is 20.5 Å². The standard InChI is InChI=1S/C17H20N4O2/c1-2-15-19-16(21-20-15)12-4-6-13(7-5-12)17(23)18-14-8-3-11(9-14)10-22/h3-8,11,14,22H,2,9-10H2,1H3,(H,18,23)(H,19,20,21)/t11-,14+/m0/s1. The molecule has 2 aromatic rings. The lowest BCUT2D eigenvalue weighted by Gasteiger charge is -2.12. The molecule has 0 aliphatic heterocycles. The highest BCUT2D eigenvalue weighted by atomic mass is 16.3. The van der Waals surface area contributed by atoms with Gasteiger partial charge in [-0.1, -0.05) is 31.2 Å². The number of amides is 1. The van der Waals surface area contributed by atoms with Crippen molar-refractivity contribution in [3.8, 4) is 11.4 Å². The van der Waals surface area contributed by atoms with Gasteiger partial charge in [-0.05, 0) is 18.6 Å². The SMILES string of the molecule is CCc1nc(-c2ccc(C(=O)N[C@@H]3C=C[C@H](CO)C3)cc2)n[nH]1. The van der Waals surface area contributed by atoms with Gasteiger partial charge in [-0.3, -0.25) is 9.89 Å². The number of nitrogens with zero attached hydrogens (tertiary/aromatic N) is 2. The lowest BCUT2D eigenvalue weighted by Crippen LogP contribution is -2.32. The average molecular weight is 312 g/mol. The fourth-order valence-electron chi connectivity index (χ4n) is 2.62. The van der Waals surface area contributed by atoms with Gasteiger partial charge in [0.2, 0.25) is 0 Å². The molecular formula is C17H20N4O2. The van der Waals surface area contributed by atoms with Crippen molar-refractivity contribution in [2.24, 2.45) is 5.92 Å². The van der Waals surface area contributed by atoms with Gasteiger partial charge in [-0.15, -0.1) is 0 Å². The Labute approximate surface area is 134 Å². The Morgan fingerprint density at radius 1 is 1.35 bits per heavy atom. The molecule has 1 amide bonds. The number of aromatic nitrogens is 3. The van der Waals surface area contributed by atoms with Crippen LogP contribution in [0, 0.1) is 5.92 Å². The molecule has 0 unspecified atom stereocenters. The zero-order valence-corrected chi connectivity index (χ0v) is 13.0. The fraction of sp³-hybridized carbons (Fsp3) is 0.353. The number of hydrogen-bond donors (Lipinski definition) is 3. The first kappa shape index (κ1) is 15.4. The third kappa shape index (κ3) is 3.48. The van der Waals surface area contributed by atoms with Gasteiger partial charge in [-0.2, -0.15) is 5.10 Å². The van der Waals surface area contributed by atoms with Crippen LogP contribution in [-0.2, 0) is 6.42 Å². The monoisotopic (exact) mass is 312 g/mol. The van der Waals surface area contributed by atoms with E-state index >= 15 is 0 Å². The van der Waals surface area contributed by atoms with Crippen LogP contribution in [0.4, 0.5) is 0 Å². The molecule has 0 fully saturated rings. The molecule has 3 N–H and O–H groups in total. The number of aliphatic hydroxyl groups is 1. The number of nitrogens with one attached hydrogen (secondary N) is 2. The van der Waals surface area contributed by atoms with E-state index in [4.69, 9.17) is 5.11 Å². The average Bonchev–Trinajstić information content (AvgIpc) is 3.24. The Morgan fingerprint density at radius 2 is 2.13 bits per heavy atom. The Bertz CT molecular complexity index is 706. The molecular weight excluding hydrogens is 292 g/mol. The first-order valence-corrected chi connectivity index (χ1v) is 7.81. The third-order valence-corrected chi connectivity index (χ3v) is 4.00. The molecule has 6 nitrogen and oxygen atoms in total. The molecule has 0 spiro atoms. The van der Waals surface area contributed by atoms with Crippen molar-refractivity contribution in [1.29, 1.82) is 0 Å². The lowest BCUT2D eigenvalue weighted by atomic mass is 10.1. The van der Waals surface area contributed by atoms with Crippen LogP contribution in [0.15, 0.2) is 36.4 Å². The molecule has 1 aliphatic rings. The van der Waals surface area contributed by atoms with Crippen molar-refractivity contribution in [2.75, 3.05) is 6.61 Å². The van der Waals surface area contributed by atoms with Crippen molar-refractivity contribution < 1.29 is 9.90 Å². The van der Waals surface area contributed by atoms with Crippen LogP contribution in [0.3, 0.4) is 0 Å². The van der Waals surface area contributed by atoms with Crippen molar-refractivity contribution in [2.45, 2.75) is 25.8 Å². The maximum atomic E-state index is 12.2. The number of aliphatic hydroxyl groups excluding tert-OH is 1. The number of aromatic amines is 1. The zero-order chi connectivity index (χ0) is 16.2. The summed E-state index contributed by atoms with van der Waals surface area (Å²) in [7, 11) is 0. The number of benzene rings is 1. The van der Waals surface area contributed by atoms with Crippen molar-refractivity contribution >= 4 is 5.91 Å². The lowest BCUT2D eigenvalue weighted by molar-refractivity contribution is 0.0941. The minimum atomic E-state index is -0.117. The van der Waals surface area contributed by atoms with Gasteiger partial charge < -0.3 is 10.4 Å². The highest BCUT2D eigenvalue weighted by Crippen LogP contribution is 2.19. The third-order valence-electron chi connectivity index (χ3n) is 4.00. The van der Waals surface area contributed by atoms with E-state index < -0.39 is 0 Å². The predicted molar refractivity (Wildman–Crippen MR) is 86.8 cm³/mol. The molecule has 1 heterocycles. The largest absolute Gasteiger partial charge is 0.396 e. The molecule has 0 saturated heterocycles. The molecule has 0 radical (unpaired) electrons. The van der Waals surface area contributed by atoms with Crippen LogP contribution in [0.25, 0.3) is 11.4 Å². The summed E-state index contributed by atoms with van der Waals surface area (Å²) in [5.41, 5.74) is 1.47. The topological polar surface area (TPSA) is 90.9 Å². The van der Waals surface area contributed by atoms with E-state index in [0.29, 0.717) is 11.4 Å². The van der Waals surface area contributed by atoms with E-state index in [1.165, 1.54) is 0 Å². The highest BCUT2D eigenvalue weighted by molar-refractivity contribution is 5.94. The van der Waals surface area contributed by atoms with Crippen LogP contribution in [0.1, 0.15) is 29.5 Å². The van der Waals surface area contributed by atoms with Crippen LogP contribution in [-0.4, -0.2) is 38.8 Å². The number of carbonyl (C=O) groups excluding carboxylic acids is 1. The van der Waals surface area contributed by atoms with Gasteiger partial charge in [0.05, 0.1) is 0 Å². The number of aryl methyl sites for hydroxylation is 1. The Kier molecular flexibility index (Phi) is 4.52. The zero-order valence-electron chi connectivity index (χ0n) is 13.0. The fourth-order valence-corrected chi connectivity index (χ4v) is 2.62. The van der Waals surface area contributed by atoms with Crippen LogP contribution < -0.4 is 5.32 Å². The van der Waals surface area contributed by atoms with E-state index in [1.54, 1.807) is 12.1 Å². The molecule has 1 aliphatic carbocycles. The summed E-state index contributed by atoms with van der Waals surface area (Å²) in [6.45, 7) is 2.13. The van der Waals surface area contributed by atoms with E-state index in [0.717, 1.165) is 24.2 Å². The first-order chi connectivity index (χ1) is 11.2. The predicted octanol–water partition coefficient (Wildman–Crippen LogP) is 1.70. The molecule has 0 saturated carbocycles. The van der Waals surface area contributed by atoms with Gasteiger partial charge in [-0.25, -0.2) is 4.98 Å². The van der Waals surface area contributed by atoms with E-state index in [9.17, 15) is 4.79 Å². The molecule has 2 atom stereocenters. The molecule has 6 heteroatoms. The maximum Gasteiger partial charge on any atom is 0.251 e.